The first kappa shape index (κ1) is 15.3. The first-order chi connectivity index (χ1) is 11.2. The lowest BCUT2D eigenvalue weighted by molar-refractivity contribution is 0.0736. The second kappa shape index (κ2) is 7.08. The van der Waals surface area contributed by atoms with E-state index in [4.69, 9.17) is 0 Å². The molecule has 2 heterocycles. The van der Waals surface area contributed by atoms with Crippen LogP contribution in [0.4, 0.5) is 0 Å². The van der Waals surface area contributed by atoms with Crippen molar-refractivity contribution in [1.82, 2.24) is 15.2 Å². The summed E-state index contributed by atoms with van der Waals surface area (Å²) in [6.07, 6.45) is 1.72. The van der Waals surface area contributed by atoms with Crippen LogP contribution < -0.4 is 5.32 Å². The monoisotopic (exact) mass is 305 g/mol. The predicted octanol–water partition coefficient (Wildman–Crippen LogP) is 1.84. The standard InChI is InChI=1S/C19H19N3O/c1-15-5-6-17(19(23)22-12-10-20-11-13-22)14-16(15)7-8-18-4-2-3-9-21-18/h2-6,9,14,20H,10-13H2,1H3. The number of amides is 1. The van der Waals surface area contributed by atoms with Gasteiger partial charge in [-0.25, -0.2) is 4.98 Å². The van der Waals surface area contributed by atoms with Crippen molar-refractivity contribution in [1.29, 1.82) is 0 Å². The minimum Gasteiger partial charge on any atom is -0.336 e. The van der Waals surface area contributed by atoms with Gasteiger partial charge in [-0.2, -0.15) is 0 Å². The van der Waals surface area contributed by atoms with Crippen molar-refractivity contribution in [3.05, 3.63) is 65.0 Å². The van der Waals surface area contributed by atoms with Crippen molar-refractivity contribution in [2.24, 2.45) is 0 Å². The van der Waals surface area contributed by atoms with Gasteiger partial charge in [-0.05, 0) is 42.7 Å². The molecular formula is C19H19N3O. The highest BCUT2D eigenvalue weighted by molar-refractivity contribution is 5.94. The highest BCUT2D eigenvalue weighted by atomic mass is 16.2. The molecule has 1 aliphatic rings. The molecule has 1 aromatic heterocycles. The number of aryl methyl sites for hydroxylation is 1. The molecule has 1 aromatic carbocycles. The van der Waals surface area contributed by atoms with Crippen LogP contribution in [0.2, 0.25) is 0 Å². The summed E-state index contributed by atoms with van der Waals surface area (Å²) >= 11 is 0. The zero-order chi connectivity index (χ0) is 16.1. The van der Waals surface area contributed by atoms with E-state index in [9.17, 15) is 4.79 Å². The quantitative estimate of drug-likeness (QED) is 0.818. The molecule has 116 valence electrons. The minimum absolute atomic E-state index is 0.0763. The molecule has 1 amide bonds. The van der Waals surface area contributed by atoms with Crippen molar-refractivity contribution in [2.75, 3.05) is 26.2 Å². The summed E-state index contributed by atoms with van der Waals surface area (Å²) in [6, 6.07) is 11.4. The number of carbonyl (C=O) groups excluding carboxylic acids is 1. The number of pyridine rings is 1. The molecule has 1 aliphatic heterocycles. The highest BCUT2D eigenvalue weighted by Crippen LogP contribution is 2.13. The lowest BCUT2D eigenvalue weighted by Gasteiger charge is -2.27. The van der Waals surface area contributed by atoms with Crippen LogP contribution in [-0.4, -0.2) is 42.0 Å². The number of nitrogens with one attached hydrogen (secondary N) is 1. The summed E-state index contributed by atoms with van der Waals surface area (Å²) in [6.45, 7) is 5.21. The van der Waals surface area contributed by atoms with E-state index < -0.39 is 0 Å². The maximum Gasteiger partial charge on any atom is 0.253 e. The summed E-state index contributed by atoms with van der Waals surface area (Å²) in [4.78, 5) is 18.7. The Morgan fingerprint density at radius 3 is 2.74 bits per heavy atom. The van der Waals surface area contributed by atoms with Gasteiger partial charge in [-0.1, -0.05) is 18.1 Å². The van der Waals surface area contributed by atoms with Gasteiger partial charge in [-0.3, -0.25) is 4.79 Å². The van der Waals surface area contributed by atoms with Gasteiger partial charge in [0.15, 0.2) is 0 Å². The molecule has 2 aromatic rings. The Hall–Kier alpha value is -2.64. The Kier molecular flexibility index (Phi) is 4.70. The van der Waals surface area contributed by atoms with Gasteiger partial charge in [0.2, 0.25) is 0 Å². The van der Waals surface area contributed by atoms with Crippen LogP contribution in [0.25, 0.3) is 0 Å². The largest absolute Gasteiger partial charge is 0.336 e. The van der Waals surface area contributed by atoms with Gasteiger partial charge < -0.3 is 10.2 Å². The van der Waals surface area contributed by atoms with Crippen LogP contribution >= 0.6 is 0 Å². The van der Waals surface area contributed by atoms with Gasteiger partial charge >= 0.3 is 0 Å². The number of aromatic nitrogens is 1. The average molecular weight is 305 g/mol. The Labute approximate surface area is 136 Å². The molecule has 0 aliphatic carbocycles. The Morgan fingerprint density at radius 2 is 2.00 bits per heavy atom. The van der Waals surface area contributed by atoms with E-state index in [0.29, 0.717) is 5.56 Å². The van der Waals surface area contributed by atoms with Gasteiger partial charge in [0.25, 0.3) is 5.91 Å². The van der Waals surface area contributed by atoms with E-state index in [1.54, 1.807) is 6.20 Å². The Balaban J connectivity index is 1.84. The van der Waals surface area contributed by atoms with Gasteiger partial charge in [0, 0.05) is 43.5 Å². The predicted molar refractivity (Wildman–Crippen MR) is 90.2 cm³/mol. The van der Waals surface area contributed by atoms with E-state index in [2.05, 4.69) is 22.1 Å². The summed E-state index contributed by atoms with van der Waals surface area (Å²) in [5, 5.41) is 3.26. The van der Waals surface area contributed by atoms with Crippen LogP contribution in [-0.2, 0) is 0 Å². The number of carbonyl (C=O) groups is 1. The third-order valence-corrected chi connectivity index (χ3v) is 3.88. The topological polar surface area (TPSA) is 45.2 Å². The summed E-state index contributed by atoms with van der Waals surface area (Å²) in [7, 11) is 0. The molecule has 3 rings (SSSR count). The smallest absolute Gasteiger partial charge is 0.253 e. The molecule has 1 saturated heterocycles. The molecule has 0 radical (unpaired) electrons. The zero-order valence-corrected chi connectivity index (χ0v) is 13.2. The maximum atomic E-state index is 12.6. The fraction of sp³-hybridized carbons (Fsp3) is 0.263. The third kappa shape index (κ3) is 3.77. The summed E-state index contributed by atoms with van der Waals surface area (Å²) in [5.74, 6) is 6.26. The minimum atomic E-state index is 0.0763. The van der Waals surface area contributed by atoms with Crippen LogP contribution in [0.1, 0.15) is 27.2 Å². The van der Waals surface area contributed by atoms with Gasteiger partial charge in [0.05, 0.1) is 0 Å². The van der Waals surface area contributed by atoms with Crippen molar-refractivity contribution >= 4 is 5.91 Å². The van der Waals surface area contributed by atoms with E-state index in [1.165, 1.54) is 0 Å². The van der Waals surface area contributed by atoms with E-state index >= 15 is 0 Å². The van der Waals surface area contributed by atoms with Crippen molar-refractivity contribution in [3.63, 3.8) is 0 Å². The second-order valence-corrected chi connectivity index (χ2v) is 5.54. The Morgan fingerprint density at radius 1 is 1.17 bits per heavy atom. The van der Waals surface area contributed by atoms with Gasteiger partial charge in [-0.15, -0.1) is 0 Å². The highest BCUT2D eigenvalue weighted by Gasteiger charge is 2.18. The normalized spacial score (nSPS) is 14.0. The molecule has 0 bridgehead atoms. The van der Waals surface area contributed by atoms with Crippen LogP contribution in [0, 0.1) is 18.8 Å². The van der Waals surface area contributed by atoms with Crippen LogP contribution in [0.3, 0.4) is 0 Å². The van der Waals surface area contributed by atoms with Crippen molar-refractivity contribution in [2.45, 2.75) is 6.92 Å². The molecule has 0 atom stereocenters. The number of hydrogen-bond donors (Lipinski definition) is 1. The van der Waals surface area contributed by atoms with E-state index in [1.807, 2.05) is 48.2 Å². The van der Waals surface area contributed by atoms with Crippen LogP contribution in [0.5, 0.6) is 0 Å². The number of nitrogens with zero attached hydrogens (tertiary/aromatic N) is 2. The maximum absolute atomic E-state index is 12.6. The fourth-order valence-corrected chi connectivity index (χ4v) is 2.51. The number of benzene rings is 1. The number of piperazine rings is 1. The van der Waals surface area contributed by atoms with Crippen molar-refractivity contribution < 1.29 is 4.79 Å². The molecule has 4 nitrogen and oxygen atoms in total. The molecule has 1 N–H and O–H groups in total. The van der Waals surface area contributed by atoms with E-state index in [-0.39, 0.29) is 5.91 Å². The number of hydrogen-bond acceptors (Lipinski definition) is 3. The zero-order valence-electron chi connectivity index (χ0n) is 13.2. The lowest BCUT2D eigenvalue weighted by Crippen LogP contribution is -2.46. The molecule has 0 unspecified atom stereocenters. The summed E-state index contributed by atoms with van der Waals surface area (Å²) in [5.41, 5.74) is 3.36. The third-order valence-electron chi connectivity index (χ3n) is 3.88. The van der Waals surface area contributed by atoms with E-state index in [0.717, 1.165) is 43.0 Å². The first-order valence-corrected chi connectivity index (χ1v) is 7.78. The average Bonchev–Trinajstić information content (AvgIpc) is 2.62. The second-order valence-electron chi connectivity index (χ2n) is 5.54. The molecular weight excluding hydrogens is 286 g/mol. The SMILES string of the molecule is Cc1ccc(C(=O)N2CCNCC2)cc1C#Cc1ccccn1. The van der Waals surface area contributed by atoms with Crippen LogP contribution in [0.15, 0.2) is 42.6 Å². The molecule has 1 fully saturated rings. The Bertz CT molecular complexity index is 753. The molecule has 0 saturated carbocycles. The summed E-state index contributed by atoms with van der Waals surface area (Å²) < 4.78 is 0. The van der Waals surface area contributed by atoms with Crippen molar-refractivity contribution in [3.8, 4) is 11.8 Å². The van der Waals surface area contributed by atoms with Gasteiger partial charge in [0.1, 0.15) is 5.69 Å². The fourth-order valence-electron chi connectivity index (χ4n) is 2.51. The molecule has 4 heteroatoms. The first-order valence-electron chi connectivity index (χ1n) is 7.78. The molecule has 23 heavy (non-hydrogen) atoms. The molecule has 0 spiro atoms. The lowest BCUT2D eigenvalue weighted by atomic mass is 10.0. The number of rotatable bonds is 1.